The minimum Gasteiger partial charge on any atom is -0.480 e. The molecule has 1 saturated carbocycles. The molecule has 0 aromatic heterocycles. The maximum atomic E-state index is 11.7. The fourth-order valence-electron chi connectivity index (χ4n) is 1.64. The summed E-state index contributed by atoms with van der Waals surface area (Å²) < 4.78 is 5.40. The van der Waals surface area contributed by atoms with E-state index in [0.717, 1.165) is 18.9 Å². The summed E-state index contributed by atoms with van der Waals surface area (Å²) in [5.74, 6) is -0.105. The van der Waals surface area contributed by atoms with E-state index in [9.17, 15) is 19.7 Å². The first-order valence-electron chi connectivity index (χ1n) is 6.22. The molecular weight excluding hydrogens is 264 g/mol. The van der Waals surface area contributed by atoms with Gasteiger partial charge < -0.3 is 10.1 Å². The molecule has 1 aliphatic carbocycles. The van der Waals surface area contributed by atoms with Crippen molar-refractivity contribution in [1.82, 2.24) is 5.32 Å². The molecule has 0 saturated heterocycles. The molecule has 0 spiro atoms. The lowest BCUT2D eigenvalue weighted by Crippen LogP contribution is -2.37. The normalized spacial score (nSPS) is 15.2. The van der Waals surface area contributed by atoms with Crippen molar-refractivity contribution in [3.05, 3.63) is 33.9 Å². The molecule has 7 nitrogen and oxygen atoms in total. The van der Waals surface area contributed by atoms with Crippen LogP contribution < -0.4 is 10.1 Å². The number of nitrogens with zero attached hydrogens (tertiary/aromatic N) is 1. The summed E-state index contributed by atoms with van der Waals surface area (Å²) in [5, 5.41) is 13.4. The van der Waals surface area contributed by atoms with Gasteiger partial charge in [-0.2, -0.15) is 0 Å². The van der Waals surface area contributed by atoms with Crippen LogP contribution >= 0.6 is 0 Å². The first kappa shape index (κ1) is 14.0. The van der Waals surface area contributed by atoms with Crippen molar-refractivity contribution in [2.75, 3.05) is 0 Å². The lowest BCUT2D eigenvalue weighted by atomic mass is 10.2. The van der Waals surface area contributed by atoms with Crippen LogP contribution in [-0.4, -0.2) is 29.3 Å². The average molecular weight is 278 g/mol. The zero-order chi connectivity index (χ0) is 14.7. The van der Waals surface area contributed by atoms with Crippen molar-refractivity contribution < 1.29 is 19.2 Å². The Morgan fingerprint density at radius 3 is 2.80 bits per heavy atom. The summed E-state index contributed by atoms with van der Waals surface area (Å²) >= 11 is 0. The van der Waals surface area contributed by atoms with Gasteiger partial charge in [-0.25, -0.2) is 0 Å². The number of non-ortho nitro benzene ring substituents is 1. The minimum atomic E-state index is -0.768. The third-order valence-corrected chi connectivity index (χ3v) is 2.93. The Morgan fingerprint density at radius 2 is 2.25 bits per heavy atom. The van der Waals surface area contributed by atoms with E-state index in [0.29, 0.717) is 6.29 Å². The summed E-state index contributed by atoms with van der Waals surface area (Å²) in [6.07, 6.45) is 1.63. The number of amides is 1. The summed E-state index contributed by atoms with van der Waals surface area (Å²) in [7, 11) is 0. The number of hydrogen-bond donors (Lipinski definition) is 1. The first-order valence-corrected chi connectivity index (χ1v) is 6.22. The molecular formula is C13H14N2O5. The minimum absolute atomic E-state index is 0.0465. The predicted molar refractivity (Wildman–Crippen MR) is 69.7 cm³/mol. The molecule has 0 unspecified atom stereocenters. The van der Waals surface area contributed by atoms with E-state index in [2.05, 4.69) is 5.32 Å². The number of rotatable bonds is 6. The van der Waals surface area contributed by atoms with E-state index < -0.39 is 11.0 Å². The number of ether oxygens (including phenoxy) is 1. The van der Waals surface area contributed by atoms with Gasteiger partial charge in [-0.3, -0.25) is 19.7 Å². The standard InChI is InChI=1S/C13H14N2O5/c1-8(13(17)14-10-2-3-10)20-12-5-4-11(15(18)19)6-9(12)7-16/h4-8,10H,2-3H2,1H3,(H,14,17)/t8-/m0/s1. The van der Waals surface area contributed by atoms with Gasteiger partial charge in [-0.15, -0.1) is 0 Å². The molecule has 0 heterocycles. The molecule has 20 heavy (non-hydrogen) atoms. The smallest absolute Gasteiger partial charge is 0.270 e. The molecule has 1 aliphatic rings. The van der Waals surface area contributed by atoms with Gasteiger partial charge in [0.05, 0.1) is 10.5 Å². The number of nitro groups is 1. The number of hydrogen-bond acceptors (Lipinski definition) is 5. The highest BCUT2D eigenvalue weighted by atomic mass is 16.6. The van der Waals surface area contributed by atoms with Crippen LogP contribution in [0.4, 0.5) is 5.69 Å². The lowest BCUT2D eigenvalue weighted by Gasteiger charge is -2.15. The van der Waals surface area contributed by atoms with Crippen LogP contribution in [0.15, 0.2) is 18.2 Å². The van der Waals surface area contributed by atoms with Crippen LogP contribution in [0.1, 0.15) is 30.1 Å². The molecule has 1 atom stereocenters. The summed E-state index contributed by atoms with van der Waals surface area (Å²) in [6.45, 7) is 1.56. The Morgan fingerprint density at radius 1 is 1.55 bits per heavy atom. The second-order valence-electron chi connectivity index (χ2n) is 4.64. The van der Waals surface area contributed by atoms with Crippen molar-refractivity contribution in [3.8, 4) is 5.75 Å². The molecule has 1 amide bonds. The number of nitro benzene ring substituents is 1. The molecule has 0 aliphatic heterocycles. The fraction of sp³-hybridized carbons (Fsp3) is 0.385. The fourth-order valence-corrected chi connectivity index (χ4v) is 1.64. The quantitative estimate of drug-likeness (QED) is 0.482. The Kier molecular flexibility index (Phi) is 3.97. The van der Waals surface area contributed by atoms with Crippen molar-refractivity contribution in [2.24, 2.45) is 0 Å². The van der Waals surface area contributed by atoms with E-state index in [4.69, 9.17) is 4.74 Å². The molecule has 1 aromatic carbocycles. The number of nitrogens with one attached hydrogen (secondary N) is 1. The van der Waals surface area contributed by atoms with Crippen LogP contribution in [0.5, 0.6) is 5.75 Å². The zero-order valence-corrected chi connectivity index (χ0v) is 10.9. The van der Waals surface area contributed by atoms with Gasteiger partial charge >= 0.3 is 0 Å². The first-order chi connectivity index (χ1) is 9.51. The van der Waals surface area contributed by atoms with Gasteiger partial charge in [0.2, 0.25) is 0 Å². The molecule has 0 bridgehead atoms. The van der Waals surface area contributed by atoms with Crippen molar-refractivity contribution in [1.29, 1.82) is 0 Å². The average Bonchev–Trinajstić information content (AvgIpc) is 3.22. The molecule has 1 fully saturated rings. The highest BCUT2D eigenvalue weighted by Crippen LogP contribution is 2.24. The van der Waals surface area contributed by atoms with Crippen LogP contribution in [0.3, 0.4) is 0 Å². The van der Waals surface area contributed by atoms with Gasteiger partial charge in [0.1, 0.15) is 5.75 Å². The third kappa shape index (κ3) is 3.31. The van der Waals surface area contributed by atoms with Gasteiger partial charge in [0, 0.05) is 18.2 Å². The van der Waals surface area contributed by atoms with Crippen LogP contribution in [0.25, 0.3) is 0 Å². The second-order valence-corrected chi connectivity index (χ2v) is 4.64. The number of aldehydes is 1. The van der Waals surface area contributed by atoms with Gasteiger partial charge in [-0.05, 0) is 25.8 Å². The highest BCUT2D eigenvalue weighted by Gasteiger charge is 2.26. The predicted octanol–water partition coefficient (Wildman–Crippen LogP) is 1.45. The number of carbonyl (C=O) groups is 2. The number of benzene rings is 1. The van der Waals surface area contributed by atoms with Crippen molar-refractivity contribution >= 4 is 17.9 Å². The Hall–Kier alpha value is -2.44. The maximum absolute atomic E-state index is 11.7. The number of carbonyl (C=O) groups excluding carboxylic acids is 2. The van der Waals surface area contributed by atoms with Gasteiger partial charge in [0.15, 0.2) is 12.4 Å². The van der Waals surface area contributed by atoms with E-state index in [1.807, 2.05) is 0 Å². The van der Waals surface area contributed by atoms with Gasteiger partial charge in [0.25, 0.3) is 11.6 Å². The van der Waals surface area contributed by atoms with Crippen LogP contribution in [-0.2, 0) is 4.79 Å². The third-order valence-electron chi connectivity index (χ3n) is 2.93. The summed E-state index contributed by atoms with van der Waals surface area (Å²) in [4.78, 5) is 32.7. The lowest BCUT2D eigenvalue weighted by molar-refractivity contribution is -0.384. The maximum Gasteiger partial charge on any atom is 0.270 e. The van der Waals surface area contributed by atoms with Gasteiger partial charge in [-0.1, -0.05) is 0 Å². The van der Waals surface area contributed by atoms with Crippen molar-refractivity contribution in [3.63, 3.8) is 0 Å². The molecule has 1 aromatic rings. The Bertz CT molecular complexity index is 554. The van der Waals surface area contributed by atoms with Crippen molar-refractivity contribution in [2.45, 2.75) is 31.9 Å². The monoisotopic (exact) mass is 278 g/mol. The summed E-state index contributed by atoms with van der Waals surface area (Å²) in [5.41, 5.74) is -0.153. The SMILES string of the molecule is C[C@H](Oc1ccc([N+](=O)[O-])cc1C=O)C(=O)NC1CC1. The largest absolute Gasteiger partial charge is 0.480 e. The Labute approximate surface area is 115 Å². The van der Waals surface area contributed by atoms with E-state index >= 15 is 0 Å². The molecule has 1 N–H and O–H groups in total. The molecule has 7 heteroatoms. The highest BCUT2D eigenvalue weighted by molar-refractivity contribution is 5.83. The Balaban J connectivity index is 2.09. The van der Waals surface area contributed by atoms with E-state index in [1.54, 1.807) is 6.92 Å². The topological polar surface area (TPSA) is 98.5 Å². The molecule has 0 radical (unpaired) electrons. The molecule has 2 rings (SSSR count). The second kappa shape index (κ2) is 5.68. The zero-order valence-electron chi connectivity index (χ0n) is 10.9. The summed E-state index contributed by atoms with van der Waals surface area (Å²) in [6, 6.07) is 3.89. The van der Waals surface area contributed by atoms with E-state index in [1.165, 1.54) is 12.1 Å². The molecule has 106 valence electrons. The van der Waals surface area contributed by atoms with E-state index in [-0.39, 0.29) is 28.9 Å². The van der Waals surface area contributed by atoms with Crippen LogP contribution in [0, 0.1) is 10.1 Å². The van der Waals surface area contributed by atoms with Crippen LogP contribution in [0.2, 0.25) is 0 Å².